The highest BCUT2D eigenvalue weighted by molar-refractivity contribution is 5.88. The molecule has 0 unspecified atom stereocenters. The molecule has 188 valence electrons. The van der Waals surface area contributed by atoms with E-state index in [1.54, 1.807) is 38.3 Å². The fourth-order valence-electron chi connectivity index (χ4n) is 3.85. The molecule has 3 N–H and O–H groups in total. The number of hydrogen-bond acceptors (Lipinski definition) is 7. The van der Waals surface area contributed by atoms with Crippen molar-refractivity contribution in [1.29, 1.82) is 0 Å². The molecule has 2 aromatic heterocycles. The number of aromatic amines is 1. The number of likely N-dealkylation sites (N-methyl/N-ethyl adjacent to an activating group) is 1. The molecule has 0 spiro atoms. The second-order valence-corrected chi connectivity index (χ2v) is 8.47. The van der Waals surface area contributed by atoms with Crippen LogP contribution in [0.1, 0.15) is 13.8 Å². The van der Waals surface area contributed by atoms with Crippen LogP contribution in [0.3, 0.4) is 0 Å². The minimum atomic E-state index is -0.320. The molecule has 36 heavy (non-hydrogen) atoms. The number of aromatic nitrogens is 3. The Morgan fingerprint density at radius 2 is 2.00 bits per heavy atom. The van der Waals surface area contributed by atoms with Gasteiger partial charge in [0.25, 0.3) is 0 Å². The fraction of sp³-hybridized carbons (Fsp3) is 0.269. The maximum absolute atomic E-state index is 14.9. The Labute approximate surface area is 209 Å². The smallest absolute Gasteiger partial charge is 0.247 e. The quantitative estimate of drug-likeness (QED) is 0.248. The van der Waals surface area contributed by atoms with Crippen LogP contribution in [0.15, 0.2) is 66.7 Å². The normalized spacial score (nSPS) is 15.2. The molecular formula is C26H30FN7O2. The number of piperazine rings is 1. The summed E-state index contributed by atoms with van der Waals surface area (Å²) in [6.07, 6.45) is 6.36. The lowest BCUT2D eigenvalue weighted by Gasteiger charge is -2.34. The number of nitrogens with one attached hydrogen (secondary N) is 3. The molecule has 9 nitrogen and oxygen atoms in total. The highest BCUT2D eigenvalue weighted by Crippen LogP contribution is 2.28. The number of anilines is 3. The first-order valence-corrected chi connectivity index (χ1v) is 11.7. The van der Waals surface area contributed by atoms with Gasteiger partial charge in [-0.15, -0.1) is 0 Å². The molecular weight excluding hydrogens is 461 g/mol. The first-order valence-electron chi connectivity index (χ1n) is 11.7. The number of nitrogens with zero attached hydrogens (tertiary/aromatic N) is 4. The number of benzene rings is 1. The van der Waals surface area contributed by atoms with Gasteiger partial charge in [0.1, 0.15) is 17.2 Å². The average Bonchev–Trinajstić information content (AvgIpc) is 3.33. The second kappa shape index (κ2) is 11.0. The number of ether oxygens (including phenoxy) is 1. The summed E-state index contributed by atoms with van der Waals surface area (Å²) in [7, 11) is 2.07. The summed E-state index contributed by atoms with van der Waals surface area (Å²) in [5.41, 5.74) is 2.24. The van der Waals surface area contributed by atoms with Gasteiger partial charge in [-0.2, -0.15) is 9.97 Å². The zero-order valence-corrected chi connectivity index (χ0v) is 20.6. The minimum Gasteiger partial charge on any atom is -0.443 e. The average molecular weight is 492 g/mol. The third kappa shape index (κ3) is 5.89. The minimum absolute atomic E-state index is 0.255. The van der Waals surface area contributed by atoms with E-state index in [2.05, 4.69) is 49.0 Å². The summed E-state index contributed by atoms with van der Waals surface area (Å²) < 4.78 is 20.9. The molecule has 10 heteroatoms. The molecule has 1 aliphatic heterocycles. The van der Waals surface area contributed by atoms with Gasteiger partial charge in [-0.3, -0.25) is 4.79 Å². The number of carbonyl (C=O) groups excluding carboxylic acids is 1. The Morgan fingerprint density at radius 3 is 2.69 bits per heavy atom. The Balaban J connectivity index is 1.54. The van der Waals surface area contributed by atoms with Crippen LogP contribution in [0.4, 0.5) is 21.7 Å². The Kier molecular flexibility index (Phi) is 7.65. The lowest BCUT2D eigenvalue weighted by Crippen LogP contribution is -2.44. The van der Waals surface area contributed by atoms with Crippen molar-refractivity contribution in [3.63, 3.8) is 0 Å². The van der Waals surface area contributed by atoms with E-state index in [1.807, 2.05) is 12.1 Å². The van der Waals surface area contributed by atoms with Crippen LogP contribution < -0.4 is 20.3 Å². The Morgan fingerprint density at radius 1 is 1.22 bits per heavy atom. The Bertz CT molecular complexity index is 1320. The number of hydrogen-bond donors (Lipinski definition) is 3. The van der Waals surface area contributed by atoms with Crippen LogP contribution >= 0.6 is 0 Å². The molecule has 0 bridgehead atoms. The molecule has 1 aromatic carbocycles. The molecule has 0 radical (unpaired) electrons. The molecule has 4 rings (SSSR count). The van der Waals surface area contributed by atoms with Crippen molar-refractivity contribution in [3.05, 3.63) is 72.5 Å². The van der Waals surface area contributed by atoms with Gasteiger partial charge in [-0.1, -0.05) is 12.7 Å². The second-order valence-electron chi connectivity index (χ2n) is 8.47. The van der Waals surface area contributed by atoms with Crippen LogP contribution in [-0.4, -0.2) is 59.0 Å². The van der Waals surface area contributed by atoms with Gasteiger partial charge in [0, 0.05) is 43.8 Å². The van der Waals surface area contributed by atoms with Crippen molar-refractivity contribution >= 4 is 34.3 Å². The van der Waals surface area contributed by atoms with Crippen molar-refractivity contribution in [3.8, 4) is 5.88 Å². The van der Waals surface area contributed by atoms with Gasteiger partial charge in [-0.25, -0.2) is 4.39 Å². The van der Waals surface area contributed by atoms with Gasteiger partial charge >= 0.3 is 0 Å². The van der Waals surface area contributed by atoms with Gasteiger partial charge in [0.15, 0.2) is 0 Å². The summed E-state index contributed by atoms with van der Waals surface area (Å²) in [4.78, 5) is 27.9. The molecule has 0 saturated carbocycles. The van der Waals surface area contributed by atoms with Crippen LogP contribution in [0, 0.1) is 5.82 Å². The van der Waals surface area contributed by atoms with Gasteiger partial charge in [0.2, 0.25) is 17.7 Å². The molecule has 1 saturated heterocycles. The predicted molar refractivity (Wildman–Crippen MR) is 140 cm³/mol. The largest absolute Gasteiger partial charge is 0.443 e. The van der Waals surface area contributed by atoms with E-state index in [-0.39, 0.29) is 17.7 Å². The molecule has 0 aliphatic carbocycles. The molecule has 3 heterocycles. The predicted octanol–water partition coefficient (Wildman–Crippen LogP) is 4.08. The molecule has 1 aliphatic rings. The van der Waals surface area contributed by atoms with Crippen molar-refractivity contribution in [2.75, 3.05) is 43.4 Å². The number of fused-ring (bicyclic) bond motifs is 1. The number of amides is 1. The summed E-state index contributed by atoms with van der Waals surface area (Å²) in [6.45, 7) is 10.4. The summed E-state index contributed by atoms with van der Waals surface area (Å²) in [5.74, 6) is 0.450. The summed E-state index contributed by atoms with van der Waals surface area (Å²) >= 11 is 0. The molecule has 0 atom stereocenters. The van der Waals surface area contributed by atoms with Crippen LogP contribution in [-0.2, 0) is 4.79 Å². The van der Waals surface area contributed by atoms with Crippen molar-refractivity contribution in [2.24, 2.45) is 0 Å². The van der Waals surface area contributed by atoms with Gasteiger partial charge < -0.3 is 30.2 Å². The monoisotopic (exact) mass is 491 g/mol. The Hall–Kier alpha value is -4.18. The van der Waals surface area contributed by atoms with E-state index in [4.69, 9.17) is 4.74 Å². The fourth-order valence-corrected chi connectivity index (χ4v) is 3.85. The summed E-state index contributed by atoms with van der Waals surface area (Å²) in [6, 6.07) is 6.84. The lowest BCUT2D eigenvalue weighted by molar-refractivity contribution is -0.115. The van der Waals surface area contributed by atoms with E-state index < -0.39 is 0 Å². The highest BCUT2D eigenvalue weighted by Gasteiger charge is 2.18. The van der Waals surface area contributed by atoms with E-state index in [9.17, 15) is 9.18 Å². The standard InChI is InChI=1S/C26H30FN7O2/c1-5-18(29-23(35)6-2)15-17(3)36-25-20-9-10-28-24(20)31-26(32-25)30-19-7-8-22(21(27)16-19)34-13-11-33(4)12-14-34/h5-10,15-16H,2,11-14H2,1,3-4H3,(H,29,35)(H2,28,30,31,32)/b17-15+,18-5+. The van der Waals surface area contributed by atoms with E-state index in [0.29, 0.717) is 39.7 Å². The zero-order valence-electron chi connectivity index (χ0n) is 20.6. The lowest BCUT2D eigenvalue weighted by atomic mass is 10.2. The highest BCUT2D eigenvalue weighted by atomic mass is 19.1. The van der Waals surface area contributed by atoms with Gasteiger partial charge in [-0.05, 0) is 57.3 Å². The number of H-pyrrole nitrogens is 1. The van der Waals surface area contributed by atoms with Crippen molar-refractivity contribution in [1.82, 2.24) is 25.2 Å². The number of halogens is 1. The van der Waals surface area contributed by atoms with Crippen molar-refractivity contribution in [2.45, 2.75) is 13.8 Å². The molecule has 3 aromatic rings. The van der Waals surface area contributed by atoms with E-state index >= 15 is 0 Å². The summed E-state index contributed by atoms with van der Waals surface area (Å²) in [5, 5.41) is 6.46. The van der Waals surface area contributed by atoms with Crippen molar-refractivity contribution < 1.29 is 13.9 Å². The first-order chi connectivity index (χ1) is 17.4. The van der Waals surface area contributed by atoms with Crippen LogP contribution in [0.25, 0.3) is 11.0 Å². The van der Waals surface area contributed by atoms with E-state index in [0.717, 1.165) is 26.2 Å². The number of carbonyl (C=O) groups is 1. The third-order valence-corrected chi connectivity index (χ3v) is 5.81. The van der Waals surface area contributed by atoms with Crippen LogP contribution in [0.5, 0.6) is 5.88 Å². The number of allylic oxidation sites excluding steroid dienone is 3. The van der Waals surface area contributed by atoms with Gasteiger partial charge in [0.05, 0.1) is 11.1 Å². The maximum atomic E-state index is 14.9. The van der Waals surface area contributed by atoms with Crippen LogP contribution in [0.2, 0.25) is 0 Å². The van der Waals surface area contributed by atoms with E-state index in [1.165, 1.54) is 12.1 Å². The first kappa shape index (κ1) is 24.9. The third-order valence-electron chi connectivity index (χ3n) is 5.81. The topological polar surface area (TPSA) is 98.4 Å². The molecule has 1 amide bonds. The zero-order chi connectivity index (χ0) is 25.7. The maximum Gasteiger partial charge on any atom is 0.247 e. The molecule has 1 fully saturated rings. The SMILES string of the molecule is C=CC(=O)NC(=C/C)/C=C(\C)Oc1nc(Nc2ccc(N3CCN(C)CC3)c(F)c2)nc2[nH]ccc12. The number of rotatable bonds is 8.